The molecule has 1 aromatic heterocycles. The van der Waals surface area contributed by atoms with Gasteiger partial charge in [0.25, 0.3) is 0 Å². The second-order valence-electron chi connectivity index (χ2n) is 6.04. The van der Waals surface area contributed by atoms with E-state index in [0.29, 0.717) is 29.3 Å². The number of carbonyl (C=O) groups excluding carboxylic acids is 1. The second-order valence-corrected chi connectivity index (χ2v) is 7.27. The fourth-order valence-electron chi connectivity index (χ4n) is 2.37. The highest BCUT2D eigenvalue weighted by Crippen LogP contribution is 2.31. The van der Waals surface area contributed by atoms with Gasteiger partial charge in [-0.3, -0.25) is 4.79 Å². The van der Waals surface area contributed by atoms with Crippen molar-refractivity contribution < 1.29 is 4.79 Å². The molecule has 0 aliphatic heterocycles. The van der Waals surface area contributed by atoms with Crippen LogP contribution in [0.15, 0.2) is 24.3 Å². The van der Waals surface area contributed by atoms with Gasteiger partial charge in [0.1, 0.15) is 11.1 Å². The van der Waals surface area contributed by atoms with Gasteiger partial charge in [0, 0.05) is 11.3 Å². The number of anilines is 1. The smallest absolute Gasteiger partial charge is 0.225 e. The van der Waals surface area contributed by atoms with Crippen LogP contribution < -0.4 is 5.32 Å². The first-order valence-corrected chi connectivity index (χ1v) is 8.62. The van der Waals surface area contributed by atoms with Crippen LogP contribution in [0.5, 0.6) is 0 Å². The van der Waals surface area contributed by atoms with E-state index in [-0.39, 0.29) is 5.91 Å². The number of nitrogens with zero attached hydrogens (tertiary/aromatic N) is 1. The number of amides is 1. The van der Waals surface area contributed by atoms with E-state index in [1.165, 1.54) is 16.9 Å². The molecule has 0 aliphatic carbocycles. The zero-order valence-corrected chi connectivity index (χ0v) is 14.9. The molecule has 3 nitrogen and oxygen atoms in total. The minimum absolute atomic E-state index is 0.0457. The fourth-order valence-corrected chi connectivity index (χ4v) is 3.39. The van der Waals surface area contributed by atoms with Crippen LogP contribution in [0.4, 0.5) is 5.00 Å². The van der Waals surface area contributed by atoms with E-state index in [1.807, 2.05) is 13.8 Å². The normalized spacial score (nSPS) is 10.6. The number of hydrogen-bond donors (Lipinski definition) is 1. The van der Waals surface area contributed by atoms with Gasteiger partial charge in [-0.05, 0) is 42.9 Å². The van der Waals surface area contributed by atoms with Crippen molar-refractivity contribution in [2.75, 3.05) is 5.32 Å². The Morgan fingerprint density at radius 3 is 2.48 bits per heavy atom. The molecule has 0 saturated carbocycles. The molecule has 1 aromatic carbocycles. The number of hydrogen-bond acceptors (Lipinski definition) is 3. The lowest BCUT2D eigenvalue weighted by atomic mass is 10.0. The summed E-state index contributed by atoms with van der Waals surface area (Å²) in [4.78, 5) is 13.2. The van der Waals surface area contributed by atoms with E-state index in [1.54, 1.807) is 0 Å². The lowest BCUT2D eigenvalue weighted by Gasteiger charge is -2.07. The van der Waals surface area contributed by atoms with Crippen molar-refractivity contribution in [3.8, 4) is 6.07 Å². The quantitative estimate of drug-likeness (QED) is 0.847. The van der Waals surface area contributed by atoms with Gasteiger partial charge in [0.2, 0.25) is 5.91 Å². The van der Waals surface area contributed by atoms with Crippen LogP contribution >= 0.6 is 11.3 Å². The van der Waals surface area contributed by atoms with Crippen LogP contribution in [0.2, 0.25) is 0 Å². The molecular formula is C19H22N2OS. The summed E-state index contributed by atoms with van der Waals surface area (Å²) >= 11 is 1.47. The minimum atomic E-state index is -0.0457. The summed E-state index contributed by atoms with van der Waals surface area (Å²) in [5.74, 6) is 0.470. The summed E-state index contributed by atoms with van der Waals surface area (Å²) in [6.45, 7) is 8.21. The van der Waals surface area contributed by atoms with Crippen LogP contribution in [0.3, 0.4) is 0 Å². The molecule has 0 bridgehead atoms. The number of carbonyl (C=O) groups is 1. The summed E-state index contributed by atoms with van der Waals surface area (Å²) in [5, 5.41) is 12.8. The van der Waals surface area contributed by atoms with Crippen molar-refractivity contribution in [1.82, 2.24) is 0 Å². The van der Waals surface area contributed by atoms with E-state index < -0.39 is 0 Å². The Morgan fingerprint density at radius 1 is 1.26 bits per heavy atom. The molecule has 4 heteroatoms. The van der Waals surface area contributed by atoms with Gasteiger partial charge in [0.05, 0.1) is 5.56 Å². The number of nitriles is 1. The number of aryl methyl sites for hydroxylation is 2. The first-order valence-electron chi connectivity index (χ1n) is 7.81. The topological polar surface area (TPSA) is 52.9 Å². The van der Waals surface area contributed by atoms with Crippen molar-refractivity contribution in [3.63, 3.8) is 0 Å². The average Bonchev–Trinajstić information content (AvgIpc) is 2.79. The Morgan fingerprint density at radius 2 is 1.91 bits per heavy atom. The van der Waals surface area contributed by atoms with Gasteiger partial charge in [0.15, 0.2) is 0 Å². The zero-order chi connectivity index (χ0) is 17.0. The summed E-state index contributed by atoms with van der Waals surface area (Å²) in [6.07, 6.45) is 1.12. The monoisotopic (exact) mass is 326 g/mol. The molecular weight excluding hydrogens is 304 g/mol. The molecule has 1 heterocycles. The van der Waals surface area contributed by atoms with Crippen molar-refractivity contribution in [1.29, 1.82) is 5.26 Å². The lowest BCUT2D eigenvalue weighted by Crippen LogP contribution is -2.12. The molecule has 0 saturated heterocycles. The molecule has 1 N–H and O–H groups in total. The molecule has 0 unspecified atom stereocenters. The molecule has 2 rings (SSSR count). The average molecular weight is 326 g/mol. The Kier molecular flexibility index (Phi) is 5.57. The van der Waals surface area contributed by atoms with Crippen LogP contribution in [-0.4, -0.2) is 5.91 Å². The standard InChI is InChI=1S/C19H22N2OS/c1-12(2)16-8-5-15(6-9-16)7-10-18(22)21-19-17(11-20)13(3)14(4)23-19/h5-6,8-9,12H,7,10H2,1-4H3,(H,21,22). The van der Waals surface area contributed by atoms with E-state index in [2.05, 4.69) is 49.5 Å². The van der Waals surface area contributed by atoms with Crippen molar-refractivity contribution in [3.05, 3.63) is 51.4 Å². The van der Waals surface area contributed by atoms with Gasteiger partial charge in [-0.1, -0.05) is 38.1 Å². The highest BCUT2D eigenvalue weighted by atomic mass is 32.1. The molecule has 23 heavy (non-hydrogen) atoms. The molecule has 0 atom stereocenters. The number of benzene rings is 1. The highest BCUT2D eigenvalue weighted by molar-refractivity contribution is 7.16. The maximum atomic E-state index is 12.1. The first kappa shape index (κ1) is 17.2. The third kappa shape index (κ3) is 4.20. The molecule has 1 amide bonds. The molecule has 0 radical (unpaired) electrons. The Balaban J connectivity index is 1.95. The van der Waals surface area contributed by atoms with E-state index in [0.717, 1.165) is 16.0 Å². The number of nitrogens with one attached hydrogen (secondary N) is 1. The minimum Gasteiger partial charge on any atom is -0.317 e. The summed E-state index contributed by atoms with van der Waals surface area (Å²) in [7, 11) is 0. The van der Waals surface area contributed by atoms with Crippen LogP contribution in [0.25, 0.3) is 0 Å². The SMILES string of the molecule is Cc1sc(NC(=O)CCc2ccc(C(C)C)cc2)c(C#N)c1C. The molecule has 0 spiro atoms. The summed E-state index contributed by atoms with van der Waals surface area (Å²) < 4.78 is 0. The van der Waals surface area contributed by atoms with Crippen LogP contribution in [0, 0.1) is 25.2 Å². The molecule has 0 aliphatic rings. The van der Waals surface area contributed by atoms with Crippen molar-refractivity contribution in [2.45, 2.75) is 46.5 Å². The van der Waals surface area contributed by atoms with Gasteiger partial charge in [-0.25, -0.2) is 0 Å². The Labute approximate surface area is 142 Å². The van der Waals surface area contributed by atoms with Gasteiger partial charge in [-0.2, -0.15) is 5.26 Å². The number of thiophene rings is 1. The van der Waals surface area contributed by atoms with Gasteiger partial charge >= 0.3 is 0 Å². The lowest BCUT2D eigenvalue weighted by molar-refractivity contribution is -0.116. The predicted molar refractivity (Wildman–Crippen MR) is 96.0 cm³/mol. The molecule has 120 valence electrons. The largest absolute Gasteiger partial charge is 0.317 e. The van der Waals surface area contributed by atoms with E-state index in [4.69, 9.17) is 0 Å². The van der Waals surface area contributed by atoms with E-state index in [9.17, 15) is 10.1 Å². The third-order valence-corrected chi connectivity index (χ3v) is 5.16. The highest BCUT2D eigenvalue weighted by Gasteiger charge is 2.14. The van der Waals surface area contributed by atoms with Crippen LogP contribution in [0.1, 0.15) is 53.3 Å². The molecule has 0 fully saturated rings. The van der Waals surface area contributed by atoms with Crippen molar-refractivity contribution in [2.24, 2.45) is 0 Å². The molecule has 2 aromatic rings. The fraction of sp³-hybridized carbons (Fsp3) is 0.368. The first-order chi connectivity index (χ1) is 10.9. The van der Waals surface area contributed by atoms with Crippen molar-refractivity contribution >= 4 is 22.2 Å². The number of rotatable bonds is 5. The Hall–Kier alpha value is -2.12. The van der Waals surface area contributed by atoms with E-state index >= 15 is 0 Å². The predicted octanol–water partition coefficient (Wildman–Crippen LogP) is 4.93. The van der Waals surface area contributed by atoms with Crippen LogP contribution in [-0.2, 0) is 11.2 Å². The third-order valence-electron chi connectivity index (χ3n) is 4.04. The summed E-state index contributed by atoms with van der Waals surface area (Å²) in [6, 6.07) is 10.6. The summed E-state index contributed by atoms with van der Waals surface area (Å²) in [5.41, 5.74) is 4.00. The maximum Gasteiger partial charge on any atom is 0.225 e. The maximum absolute atomic E-state index is 12.1. The zero-order valence-electron chi connectivity index (χ0n) is 14.1. The second kappa shape index (κ2) is 7.43. The Bertz CT molecular complexity index is 736. The van der Waals surface area contributed by atoms with Gasteiger partial charge < -0.3 is 5.32 Å². The van der Waals surface area contributed by atoms with Gasteiger partial charge in [-0.15, -0.1) is 11.3 Å².